The van der Waals surface area contributed by atoms with Crippen molar-refractivity contribution in [3.8, 4) is 0 Å². The number of hydrogen-bond donors (Lipinski definition) is 2. The molecule has 1 aromatic rings. The first kappa shape index (κ1) is 14.9. The smallest absolute Gasteiger partial charge is 0.274 e. The van der Waals surface area contributed by atoms with E-state index in [2.05, 4.69) is 26.6 Å². The van der Waals surface area contributed by atoms with Gasteiger partial charge in [0.1, 0.15) is 0 Å². The summed E-state index contributed by atoms with van der Waals surface area (Å²) in [5, 5.41) is 16.9. The fourth-order valence-corrected chi connectivity index (χ4v) is 2.82. The lowest BCUT2D eigenvalue weighted by atomic mass is 9.99. The van der Waals surface area contributed by atoms with Crippen molar-refractivity contribution < 1.29 is 9.72 Å². The quantitative estimate of drug-likeness (QED) is 0.653. The molecule has 7 heteroatoms. The van der Waals surface area contributed by atoms with Crippen molar-refractivity contribution in [3.05, 3.63) is 32.3 Å². The normalized spacial score (nSPS) is 18.6. The third-order valence-corrected chi connectivity index (χ3v) is 4.06. The number of rotatable bonds is 3. The minimum atomic E-state index is -0.445. The van der Waals surface area contributed by atoms with Crippen LogP contribution in [0, 0.1) is 23.0 Å². The molecule has 0 saturated carbocycles. The van der Waals surface area contributed by atoms with E-state index in [0.29, 0.717) is 22.3 Å². The Morgan fingerprint density at radius 2 is 2.30 bits per heavy atom. The van der Waals surface area contributed by atoms with Crippen LogP contribution in [-0.4, -0.2) is 23.9 Å². The summed E-state index contributed by atoms with van der Waals surface area (Å²) in [5.74, 6) is -0.188. The molecule has 0 radical (unpaired) electrons. The average Bonchev–Trinajstić information content (AvgIpc) is 2.42. The van der Waals surface area contributed by atoms with Crippen molar-refractivity contribution in [3.63, 3.8) is 0 Å². The highest BCUT2D eigenvalue weighted by molar-refractivity contribution is 9.10. The second kappa shape index (κ2) is 6.32. The Balaban J connectivity index is 2.18. The molecule has 0 aliphatic carbocycles. The number of amides is 1. The Hall–Kier alpha value is -1.47. The van der Waals surface area contributed by atoms with Gasteiger partial charge in [0, 0.05) is 22.6 Å². The summed E-state index contributed by atoms with van der Waals surface area (Å²) in [6.07, 6.45) is 1.80. The van der Waals surface area contributed by atoms with Gasteiger partial charge in [0.15, 0.2) is 0 Å². The van der Waals surface area contributed by atoms with Crippen LogP contribution in [0.5, 0.6) is 0 Å². The molecule has 1 aliphatic rings. The van der Waals surface area contributed by atoms with E-state index < -0.39 is 4.92 Å². The monoisotopic (exact) mass is 341 g/mol. The lowest BCUT2D eigenvalue weighted by Crippen LogP contribution is -2.37. The molecule has 1 aliphatic heterocycles. The van der Waals surface area contributed by atoms with Crippen molar-refractivity contribution in [1.82, 2.24) is 5.32 Å². The van der Waals surface area contributed by atoms with Crippen LogP contribution in [0.15, 0.2) is 16.6 Å². The number of benzene rings is 1. The lowest BCUT2D eigenvalue weighted by molar-refractivity contribution is -0.385. The van der Waals surface area contributed by atoms with Gasteiger partial charge in [-0.2, -0.15) is 0 Å². The fourth-order valence-electron chi connectivity index (χ4n) is 2.26. The summed E-state index contributed by atoms with van der Waals surface area (Å²) in [6.45, 7) is 3.25. The van der Waals surface area contributed by atoms with Gasteiger partial charge in [0.05, 0.1) is 16.5 Å². The first-order valence-electron chi connectivity index (χ1n) is 6.45. The first-order chi connectivity index (χ1) is 9.49. The molecule has 6 nitrogen and oxygen atoms in total. The first-order valence-corrected chi connectivity index (χ1v) is 7.24. The van der Waals surface area contributed by atoms with Crippen molar-refractivity contribution in [2.75, 3.05) is 18.4 Å². The van der Waals surface area contributed by atoms with E-state index in [-0.39, 0.29) is 17.5 Å². The van der Waals surface area contributed by atoms with Gasteiger partial charge in [0.25, 0.3) is 5.69 Å². The minimum absolute atomic E-state index is 0.00488. The lowest BCUT2D eigenvalue weighted by Gasteiger charge is -2.22. The van der Waals surface area contributed by atoms with Gasteiger partial charge in [-0.25, -0.2) is 0 Å². The van der Waals surface area contributed by atoms with Crippen molar-refractivity contribution >= 4 is 33.2 Å². The van der Waals surface area contributed by atoms with Crippen LogP contribution >= 0.6 is 15.9 Å². The maximum Gasteiger partial charge on any atom is 0.274 e. The predicted molar refractivity (Wildman–Crippen MR) is 79.8 cm³/mol. The number of piperidine rings is 1. The van der Waals surface area contributed by atoms with E-state index in [4.69, 9.17) is 0 Å². The topological polar surface area (TPSA) is 84.3 Å². The summed E-state index contributed by atoms with van der Waals surface area (Å²) in [4.78, 5) is 22.6. The summed E-state index contributed by atoms with van der Waals surface area (Å²) in [6, 6.07) is 3.04. The van der Waals surface area contributed by atoms with Gasteiger partial charge in [-0.3, -0.25) is 14.9 Å². The predicted octanol–water partition coefficient (Wildman–Crippen LogP) is 2.60. The van der Waals surface area contributed by atoms with Gasteiger partial charge in [-0.1, -0.05) is 0 Å². The molecule has 0 bridgehead atoms. The average molecular weight is 342 g/mol. The zero-order chi connectivity index (χ0) is 14.7. The third-order valence-electron chi connectivity index (χ3n) is 3.41. The van der Waals surface area contributed by atoms with Crippen LogP contribution in [0.4, 0.5) is 11.4 Å². The van der Waals surface area contributed by atoms with E-state index in [1.165, 1.54) is 6.07 Å². The second-order valence-corrected chi connectivity index (χ2v) is 5.76. The van der Waals surface area contributed by atoms with Crippen LogP contribution in [0.1, 0.15) is 18.4 Å². The summed E-state index contributed by atoms with van der Waals surface area (Å²) in [5.41, 5.74) is 1.00. The highest BCUT2D eigenvalue weighted by Crippen LogP contribution is 2.31. The molecule has 20 heavy (non-hydrogen) atoms. The zero-order valence-corrected chi connectivity index (χ0v) is 12.7. The number of halogens is 1. The summed E-state index contributed by atoms with van der Waals surface area (Å²) in [7, 11) is 0. The molecule has 0 unspecified atom stereocenters. The van der Waals surface area contributed by atoms with E-state index in [1.54, 1.807) is 13.0 Å². The molecule has 1 aromatic carbocycles. The Kier molecular flexibility index (Phi) is 4.72. The highest BCUT2D eigenvalue weighted by Gasteiger charge is 2.22. The van der Waals surface area contributed by atoms with Crippen LogP contribution < -0.4 is 10.6 Å². The zero-order valence-electron chi connectivity index (χ0n) is 11.1. The number of anilines is 1. The summed E-state index contributed by atoms with van der Waals surface area (Å²) >= 11 is 3.33. The number of nitrogens with zero attached hydrogens (tertiary/aromatic N) is 1. The van der Waals surface area contributed by atoms with Crippen molar-refractivity contribution in [2.24, 2.45) is 5.92 Å². The van der Waals surface area contributed by atoms with E-state index in [1.807, 2.05) is 0 Å². The molecule has 1 heterocycles. The van der Waals surface area contributed by atoms with Gasteiger partial charge < -0.3 is 10.6 Å². The van der Waals surface area contributed by atoms with Gasteiger partial charge in [0.2, 0.25) is 5.91 Å². The van der Waals surface area contributed by atoms with Crippen molar-refractivity contribution in [2.45, 2.75) is 19.8 Å². The van der Waals surface area contributed by atoms with Crippen LogP contribution in [0.2, 0.25) is 0 Å². The van der Waals surface area contributed by atoms with Gasteiger partial charge in [-0.15, -0.1) is 0 Å². The SMILES string of the molecule is Cc1cc(Br)c(NC(=O)[C@H]2CCCNC2)cc1[N+](=O)[O-]. The van der Waals surface area contributed by atoms with Gasteiger partial charge in [-0.05, 0) is 48.3 Å². The van der Waals surface area contributed by atoms with Crippen LogP contribution in [0.3, 0.4) is 0 Å². The molecule has 108 valence electrons. The van der Waals surface area contributed by atoms with E-state index >= 15 is 0 Å². The molecule has 1 amide bonds. The molecule has 0 spiro atoms. The maximum absolute atomic E-state index is 12.1. The molecule has 1 fully saturated rings. The molecule has 1 saturated heterocycles. The number of carbonyl (C=O) groups is 1. The fraction of sp³-hybridized carbons (Fsp3) is 0.462. The number of nitro groups is 1. The molecular weight excluding hydrogens is 326 g/mol. The Morgan fingerprint density at radius 3 is 2.90 bits per heavy atom. The Labute approximate surface area is 125 Å². The maximum atomic E-state index is 12.1. The molecule has 2 rings (SSSR count). The standard InChI is InChI=1S/C13H16BrN3O3/c1-8-5-10(14)11(6-12(8)17(19)20)16-13(18)9-3-2-4-15-7-9/h5-6,9,15H,2-4,7H2,1H3,(H,16,18)/t9-/m0/s1. The third kappa shape index (κ3) is 3.34. The largest absolute Gasteiger partial charge is 0.325 e. The van der Waals surface area contributed by atoms with Crippen LogP contribution in [0.25, 0.3) is 0 Å². The highest BCUT2D eigenvalue weighted by atomic mass is 79.9. The van der Waals surface area contributed by atoms with Gasteiger partial charge >= 0.3 is 0 Å². The second-order valence-electron chi connectivity index (χ2n) is 4.91. The van der Waals surface area contributed by atoms with Crippen LogP contribution in [-0.2, 0) is 4.79 Å². The van der Waals surface area contributed by atoms with E-state index in [0.717, 1.165) is 19.4 Å². The number of nitro benzene ring substituents is 1. The minimum Gasteiger partial charge on any atom is -0.325 e. The molecule has 0 aromatic heterocycles. The Morgan fingerprint density at radius 1 is 1.55 bits per heavy atom. The number of carbonyl (C=O) groups excluding carboxylic acids is 1. The van der Waals surface area contributed by atoms with E-state index in [9.17, 15) is 14.9 Å². The number of hydrogen-bond acceptors (Lipinski definition) is 4. The molecule has 1 atom stereocenters. The number of nitrogens with one attached hydrogen (secondary N) is 2. The Bertz CT molecular complexity index is 542. The molecular formula is C13H16BrN3O3. The number of aryl methyl sites for hydroxylation is 1. The van der Waals surface area contributed by atoms with Crippen molar-refractivity contribution in [1.29, 1.82) is 0 Å². The summed E-state index contributed by atoms with van der Waals surface area (Å²) < 4.78 is 0.651. The molecule has 2 N–H and O–H groups in total.